The zero-order valence-corrected chi connectivity index (χ0v) is 13.6. The molecular weight excluding hydrogens is 256 g/mol. The summed E-state index contributed by atoms with van der Waals surface area (Å²) >= 11 is 0. The van der Waals surface area contributed by atoms with Crippen LogP contribution in [0.1, 0.15) is 61.3 Å². The van der Waals surface area contributed by atoms with Gasteiger partial charge in [-0.25, -0.2) is 0 Å². The molecule has 2 aliphatic rings. The molecule has 2 N–H and O–H groups in total. The molecule has 2 fully saturated rings. The van der Waals surface area contributed by atoms with Crippen molar-refractivity contribution in [1.29, 1.82) is 0 Å². The molecule has 2 heteroatoms. The summed E-state index contributed by atoms with van der Waals surface area (Å²) in [5, 5.41) is 0. The number of hydrogen-bond acceptors (Lipinski definition) is 2. The molecule has 21 heavy (non-hydrogen) atoms. The van der Waals surface area contributed by atoms with E-state index >= 15 is 0 Å². The highest BCUT2D eigenvalue weighted by Gasteiger charge is 2.37. The lowest BCUT2D eigenvalue weighted by Gasteiger charge is -2.36. The average Bonchev–Trinajstić information content (AvgIpc) is 3.12. The molecule has 1 heterocycles. The van der Waals surface area contributed by atoms with Crippen molar-refractivity contribution >= 4 is 0 Å². The second-order valence-corrected chi connectivity index (χ2v) is 7.10. The summed E-state index contributed by atoms with van der Waals surface area (Å²) in [6, 6.07) is 8.05. The summed E-state index contributed by atoms with van der Waals surface area (Å²) in [5.41, 5.74) is 10.4. The van der Waals surface area contributed by atoms with Crippen LogP contribution in [0.25, 0.3) is 0 Å². The van der Waals surface area contributed by atoms with Gasteiger partial charge in [0, 0.05) is 18.6 Å². The van der Waals surface area contributed by atoms with Gasteiger partial charge >= 0.3 is 0 Å². The molecular formula is C19H30N2. The molecule has 2 unspecified atom stereocenters. The molecule has 0 radical (unpaired) electrons. The third-order valence-corrected chi connectivity index (χ3v) is 5.69. The third kappa shape index (κ3) is 3.02. The smallest absolute Gasteiger partial charge is 0.0476 e. The van der Waals surface area contributed by atoms with Crippen LogP contribution in [-0.2, 0) is 0 Å². The summed E-state index contributed by atoms with van der Waals surface area (Å²) in [6.45, 7) is 6.39. The van der Waals surface area contributed by atoms with Gasteiger partial charge in [-0.3, -0.25) is 4.90 Å². The molecule has 0 bridgehead atoms. The van der Waals surface area contributed by atoms with Crippen molar-refractivity contribution in [3.8, 4) is 0 Å². The van der Waals surface area contributed by atoms with Gasteiger partial charge in [0.05, 0.1) is 0 Å². The molecule has 1 aliphatic heterocycles. The quantitative estimate of drug-likeness (QED) is 0.908. The summed E-state index contributed by atoms with van der Waals surface area (Å²) in [5.74, 6) is 0.923. The third-order valence-electron chi connectivity index (χ3n) is 5.69. The fraction of sp³-hybridized carbons (Fsp3) is 0.684. The Balaban J connectivity index is 1.84. The number of aryl methyl sites for hydroxylation is 2. The van der Waals surface area contributed by atoms with Gasteiger partial charge in [-0.1, -0.05) is 36.6 Å². The first-order chi connectivity index (χ1) is 10.2. The van der Waals surface area contributed by atoms with E-state index in [1.807, 2.05) is 0 Å². The normalized spacial score (nSPS) is 25.6. The summed E-state index contributed by atoms with van der Waals surface area (Å²) in [7, 11) is 0. The zero-order chi connectivity index (χ0) is 14.8. The predicted octanol–water partition coefficient (Wildman–Crippen LogP) is 3.96. The molecule has 1 aromatic rings. The highest BCUT2D eigenvalue weighted by atomic mass is 15.2. The molecule has 1 aromatic carbocycles. The number of likely N-dealkylation sites (tertiary alicyclic amines) is 1. The highest BCUT2D eigenvalue weighted by Crippen LogP contribution is 2.39. The number of nitrogens with two attached hydrogens (primary N) is 1. The van der Waals surface area contributed by atoms with Crippen LogP contribution in [0, 0.1) is 19.8 Å². The Morgan fingerprint density at radius 2 is 1.90 bits per heavy atom. The minimum absolute atomic E-state index is 0.415. The van der Waals surface area contributed by atoms with Gasteiger partial charge in [0.25, 0.3) is 0 Å². The van der Waals surface area contributed by atoms with E-state index in [4.69, 9.17) is 5.73 Å². The van der Waals surface area contributed by atoms with Crippen molar-refractivity contribution in [2.45, 2.75) is 64.5 Å². The fourth-order valence-electron chi connectivity index (χ4n) is 4.69. The summed E-state index contributed by atoms with van der Waals surface area (Å²) in [6.07, 6.45) is 8.48. The molecule has 0 spiro atoms. The van der Waals surface area contributed by atoms with E-state index in [1.165, 1.54) is 61.8 Å². The molecule has 3 rings (SSSR count). The second-order valence-electron chi connectivity index (χ2n) is 7.10. The standard InChI is InChI=1S/C19H30N2/c1-14-9-10-17(15(2)12-14)19(13-20)21-11-5-8-18(21)16-6-3-4-7-16/h9-10,12,16,18-19H,3-8,11,13,20H2,1-2H3. The number of rotatable bonds is 4. The van der Waals surface area contributed by atoms with E-state index in [0.717, 1.165) is 18.5 Å². The van der Waals surface area contributed by atoms with Crippen molar-refractivity contribution in [2.24, 2.45) is 11.7 Å². The maximum absolute atomic E-state index is 6.21. The number of benzene rings is 1. The van der Waals surface area contributed by atoms with Crippen LogP contribution in [0.5, 0.6) is 0 Å². The monoisotopic (exact) mass is 286 g/mol. The zero-order valence-electron chi connectivity index (χ0n) is 13.6. The predicted molar refractivity (Wildman–Crippen MR) is 89.4 cm³/mol. The summed E-state index contributed by atoms with van der Waals surface area (Å²) in [4.78, 5) is 2.74. The lowest BCUT2D eigenvalue weighted by Crippen LogP contribution is -2.41. The Bertz CT molecular complexity index is 476. The lowest BCUT2D eigenvalue weighted by molar-refractivity contribution is 0.138. The van der Waals surface area contributed by atoms with Gasteiger partial charge in [-0.05, 0) is 63.1 Å². The van der Waals surface area contributed by atoms with Crippen LogP contribution < -0.4 is 5.73 Å². The van der Waals surface area contributed by atoms with Crippen molar-refractivity contribution in [1.82, 2.24) is 4.90 Å². The maximum Gasteiger partial charge on any atom is 0.0476 e. The Kier molecular flexibility index (Phi) is 4.66. The fourth-order valence-corrected chi connectivity index (χ4v) is 4.69. The van der Waals surface area contributed by atoms with E-state index in [9.17, 15) is 0 Å². The Labute approximate surface area is 129 Å². The lowest BCUT2D eigenvalue weighted by atomic mass is 9.92. The van der Waals surface area contributed by atoms with E-state index in [1.54, 1.807) is 0 Å². The first-order valence-corrected chi connectivity index (χ1v) is 8.73. The molecule has 116 valence electrons. The van der Waals surface area contributed by atoms with Crippen LogP contribution in [-0.4, -0.2) is 24.0 Å². The van der Waals surface area contributed by atoms with E-state index in [2.05, 4.69) is 36.9 Å². The van der Waals surface area contributed by atoms with Gasteiger partial charge in [-0.2, -0.15) is 0 Å². The molecule has 1 aliphatic carbocycles. The van der Waals surface area contributed by atoms with Gasteiger partial charge in [0.15, 0.2) is 0 Å². The molecule has 0 amide bonds. The SMILES string of the molecule is Cc1ccc(C(CN)N2CCCC2C2CCCC2)c(C)c1. The van der Waals surface area contributed by atoms with E-state index < -0.39 is 0 Å². The Morgan fingerprint density at radius 3 is 2.57 bits per heavy atom. The van der Waals surface area contributed by atoms with Gasteiger partial charge in [0.1, 0.15) is 0 Å². The van der Waals surface area contributed by atoms with Crippen LogP contribution >= 0.6 is 0 Å². The van der Waals surface area contributed by atoms with Crippen LogP contribution in [0.15, 0.2) is 18.2 Å². The Hall–Kier alpha value is -0.860. The van der Waals surface area contributed by atoms with Crippen molar-refractivity contribution in [3.05, 3.63) is 34.9 Å². The molecule has 2 atom stereocenters. The topological polar surface area (TPSA) is 29.3 Å². The number of nitrogens with zero attached hydrogens (tertiary/aromatic N) is 1. The summed E-state index contributed by atoms with van der Waals surface area (Å²) < 4.78 is 0. The van der Waals surface area contributed by atoms with Crippen molar-refractivity contribution in [3.63, 3.8) is 0 Å². The van der Waals surface area contributed by atoms with Crippen LogP contribution in [0.4, 0.5) is 0 Å². The van der Waals surface area contributed by atoms with Crippen molar-refractivity contribution < 1.29 is 0 Å². The van der Waals surface area contributed by atoms with Crippen LogP contribution in [0.3, 0.4) is 0 Å². The largest absolute Gasteiger partial charge is 0.329 e. The van der Waals surface area contributed by atoms with Gasteiger partial charge < -0.3 is 5.73 Å². The molecule has 1 saturated carbocycles. The highest BCUT2D eigenvalue weighted by molar-refractivity contribution is 5.33. The van der Waals surface area contributed by atoms with Crippen molar-refractivity contribution in [2.75, 3.05) is 13.1 Å². The molecule has 0 aromatic heterocycles. The minimum Gasteiger partial charge on any atom is -0.329 e. The first kappa shape index (κ1) is 15.1. The van der Waals surface area contributed by atoms with E-state index in [-0.39, 0.29) is 0 Å². The second kappa shape index (κ2) is 6.50. The average molecular weight is 286 g/mol. The Morgan fingerprint density at radius 1 is 1.14 bits per heavy atom. The van der Waals surface area contributed by atoms with Gasteiger partial charge in [0.2, 0.25) is 0 Å². The maximum atomic E-state index is 6.21. The molecule has 1 saturated heterocycles. The molecule has 2 nitrogen and oxygen atoms in total. The number of hydrogen-bond donors (Lipinski definition) is 1. The van der Waals surface area contributed by atoms with Crippen LogP contribution in [0.2, 0.25) is 0 Å². The van der Waals surface area contributed by atoms with E-state index in [0.29, 0.717) is 6.04 Å². The minimum atomic E-state index is 0.415. The first-order valence-electron chi connectivity index (χ1n) is 8.73. The van der Waals surface area contributed by atoms with Gasteiger partial charge in [-0.15, -0.1) is 0 Å².